The third-order valence-corrected chi connectivity index (χ3v) is 7.06. The molecule has 0 bridgehead atoms. The minimum absolute atomic E-state index is 0.129. The van der Waals surface area contributed by atoms with Gasteiger partial charge >= 0.3 is 0 Å². The van der Waals surface area contributed by atoms with Crippen molar-refractivity contribution in [2.75, 3.05) is 38.8 Å². The lowest BCUT2D eigenvalue weighted by atomic mass is 9.91. The molecule has 3 rings (SSSR count). The van der Waals surface area contributed by atoms with Gasteiger partial charge in [0.1, 0.15) is 11.5 Å². The number of amides is 1. The Morgan fingerprint density at radius 1 is 1.21 bits per heavy atom. The number of nitrogens with one attached hydrogen (secondary N) is 1. The van der Waals surface area contributed by atoms with E-state index in [1.165, 1.54) is 50.3 Å². The standard InChI is InChI=1S/C22H34N2O3S/c1-26-20-7-6-18(21(14-20)27-2)15-23-22(25)8-5-17-4-3-11-24(16-17)19-9-12-28-13-10-19/h6-7,14,17,19H,3-5,8-13,15-16H2,1-2H3,(H,23,25)/t17-/m1/s1. The first-order chi connectivity index (χ1) is 13.7. The summed E-state index contributed by atoms with van der Waals surface area (Å²) in [6, 6.07) is 6.46. The van der Waals surface area contributed by atoms with Crippen molar-refractivity contribution in [1.29, 1.82) is 0 Å². The normalized spacial score (nSPS) is 21.3. The number of hydrogen-bond donors (Lipinski definition) is 1. The van der Waals surface area contributed by atoms with Crippen molar-refractivity contribution in [3.8, 4) is 11.5 Å². The van der Waals surface area contributed by atoms with Crippen LogP contribution in [0.3, 0.4) is 0 Å². The van der Waals surface area contributed by atoms with Crippen LogP contribution in [0.2, 0.25) is 0 Å². The molecule has 156 valence electrons. The highest BCUT2D eigenvalue weighted by atomic mass is 32.2. The van der Waals surface area contributed by atoms with E-state index in [4.69, 9.17) is 9.47 Å². The van der Waals surface area contributed by atoms with Crippen molar-refractivity contribution in [3.05, 3.63) is 23.8 Å². The molecule has 2 saturated heterocycles. The number of rotatable bonds is 8. The number of methoxy groups -OCH3 is 2. The summed E-state index contributed by atoms with van der Waals surface area (Å²) in [6.45, 7) is 2.91. The van der Waals surface area contributed by atoms with Gasteiger partial charge in [-0.15, -0.1) is 0 Å². The number of hydrogen-bond acceptors (Lipinski definition) is 5. The molecule has 0 spiro atoms. The van der Waals surface area contributed by atoms with E-state index < -0.39 is 0 Å². The van der Waals surface area contributed by atoms with Crippen molar-refractivity contribution in [2.24, 2.45) is 5.92 Å². The summed E-state index contributed by atoms with van der Waals surface area (Å²) in [4.78, 5) is 15.1. The van der Waals surface area contributed by atoms with Crippen LogP contribution >= 0.6 is 11.8 Å². The highest BCUT2D eigenvalue weighted by Gasteiger charge is 2.27. The SMILES string of the molecule is COc1ccc(CNC(=O)CC[C@H]2CCCN(C3CCSCC3)C2)c(OC)c1. The minimum Gasteiger partial charge on any atom is -0.497 e. The van der Waals surface area contributed by atoms with Crippen LogP contribution in [0, 0.1) is 5.92 Å². The number of carbonyl (C=O) groups is 1. The smallest absolute Gasteiger partial charge is 0.220 e. The molecule has 2 fully saturated rings. The van der Waals surface area contributed by atoms with Gasteiger partial charge in [-0.25, -0.2) is 0 Å². The van der Waals surface area contributed by atoms with E-state index in [2.05, 4.69) is 22.0 Å². The molecule has 1 amide bonds. The van der Waals surface area contributed by atoms with Crippen LogP contribution in [0.25, 0.3) is 0 Å². The topological polar surface area (TPSA) is 50.8 Å². The van der Waals surface area contributed by atoms with Crippen LogP contribution in [0.1, 0.15) is 44.1 Å². The van der Waals surface area contributed by atoms with Crippen molar-refractivity contribution < 1.29 is 14.3 Å². The quantitative estimate of drug-likeness (QED) is 0.713. The van der Waals surface area contributed by atoms with E-state index in [0.29, 0.717) is 18.9 Å². The van der Waals surface area contributed by atoms with Crippen molar-refractivity contribution in [1.82, 2.24) is 10.2 Å². The summed E-state index contributed by atoms with van der Waals surface area (Å²) in [5, 5.41) is 3.05. The molecule has 0 radical (unpaired) electrons. The number of thioether (sulfide) groups is 1. The first-order valence-corrected chi connectivity index (χ1v) is 11.6. The number of likely N-dealkylation sites (tertiary alicyclic amines) is 1. The highest BCUT2D eigenvalue weighted by Crippen LogP contribution is 2.28. The van der Waals surface area contributed by atoms with Gasteiger partial charge in [-0.05, 0) is 68.2 Å². The molecule has 2 aliphatic rings. The predicted molar refractivity (Wildman–Crippen MR) is 115 cm³/mol. The zero-order valence-electron chi connectivity index (χ0n) is 17.2. The molecule has 1 aromatic carbocycles. The van der Waals surface area contributed by atoms with Gasteiger partial charge < -0.3 is 19.7 Å². The summed E-state index contributed by atoms with van der Waals surface area (Å²) in [7, 11) is 3.27. The molecule has 1 N–H and O–H groups in total. The fraction of sp³-hybridized carbons (Fsp3) is 0.682. The molecule has 0 aromatic heterocycles. The van der Waals surface area contributed by atoms with Gasteiger partial charge in [0.05, 0.1) is 14.2 Å². The van der Waals surface area contributed by atoms with Crippen LogP contribution in [-0.2, 0) is 11.3 Å². The Kier molecular flexibility index (Phi) is 8.34. The molecule has 2 aliphatic heterocycles. The maximum absolute atomic E-state index is 12.4. The number of carbonyl (C=O) groups excluding carboxylic acids is 1. The fourth-order valence-electron chi connectivity index (χ4n) is 4.33. The Hall–Kier alpha value is -1.40. The van der Waals surface area contributed by atoms with E-state index in [1.807, 2.05) is 18.2 Å². The van der Waals surface area contributed by atoms with E-state index in [0.717, 1.165) is 29.5 Å². The van der Waals surface area contributed by atoms with Gasteiger partial charge in [-0.3, -0.25) is 4.79 Å². The predicted octanol–water partition coefficient (Wildman–Crippen LogP) is 3.71. The Balaban J connectivity index is 1.41. The molecule has 6 heteroatoms. The minimum atomic E-state index is 0.129. The lowest BCUT2D eigenvalue weighted by molar-refractivity contribution is -0.121. The Bertz CT molecular complexity index is 634. The Morgan fingerprint density at radius 2 is 2.04 bits per heavy atom. The molecule has 28 heavy (non-hydrogen) atoms. The van der Waals surface area contributed by atoms with Crippen LogP contribution in [0.15, 0.2) is 18.2 Å². The van der Waals surface area contributed by atoms with Crippen molar-refractivity contribution in [2.45, 2.75) is 51.1 Å². The lowest BCUT2D eigenvalue weighted by Gasteiger charge is -2.40. The number of benzene rings is 1. The summed E-state index contributed by atoms with van der Waals surface area (Å²) >= 11 is 2.09. The second kappa shape index (κ2) is 11.0. The third kappa shape index (κ3) is 6.05. The van der Waals surface area contributed by atoms with Gasteiger partial charge in [0, 0.05) is 37.2 Å². The van der Waals surface area contributed by atoms with Crippen LogP contribution in [0.5, 0.6) is 11.5 Å². The number of ether oxygens (including phenoxy) is 2. The van der Waals surface area contributed by atoms with Crippen LogP contribution in [0.4, 0.5) is 0 Å². The van der Waals surface area contributed by atoms with Crippen LogP contribution < -0.4 is 14.8 Å². The number of nitrogens with zero attached hydrogens (tertiary/aromatic N) is 1. The van der Waals surface area contributed by atoms with E-state index in [-0.39, 0.29) is 5.91 Å². The van der Waals surface area contributed by atoms with Crippen molar-refractivity contribution >= 4 is 17.7 Å². The molecular formula is C22H34N2O3S. The molecule has 1 atom stereocenters. The Morgan fingerprint density at radius 3 is 2.79 bits per heavy atom. The molecule has 2 heterocycles. The Labute approximate surface area is 173 Å². The monoisotopic (exact) mass is 406 g/mol. The summed E-state index contributed by atoms with van der Waals surface area (Å²) in [5.74, 6) is 4.90. The zero-order valence-corrected chi connectivity index (χ0v) is 18.1. The maximum atomic E-state index is 12.4. The van der Waals surface area contributed by atoms with Gasteiger partial charge in [0.2, 0.25) is 5.91 Å². The largest absolute Gasteiger partial charge is 0.497 e. The zero-order chi connectivity index (χ0) is 19.8. The summed E-state index contributed by atoms with van der Waals surface area (Å²) < 4.78 is 10.6. The van der Waals surface area contributed by atoms with Gasteiger partial charge in [0.25, 0.3) is 0 Å². The summed E-state index contributed by atoms with van der Waals surface area (Å²) in [5.41, 5.74) is 0.968. The van der Waals surface area contributed by atoms with Gasteiger partial charge in [-0.1, -0.05) is 0 Å². The molecule has 0 aliphatic carbocycles. The molecule has 5 nitrogen and oxygen atoms in total. The second-order valence-electron chi connectivity index (χ2n) is 7.84. The number of piperidine rings is 1. The maximum Gasteiger partial charge on any atom is 0.220 e. The van der Waals surface area contributed by atoms with E-state index in [9.17, 15) is 4.79 Å². The molecular weight excluding hydrogens is 372 g/mol. The second-order valence-corrected chi connectivity index (χ2v) is 9.06. The van der Waals surface area contributed by atoms with E-state index >= 15 is 0 Å². The first kappa shape index (κ1) is 21.3. The highest BCUT2D eigenvalue weighted by molar-refractivity contribution is 7.99. The van der Waals surface area contributed by atoms with E-state index in [1.54, 1.807) is 14.2 Å². The first-order valence-electron chi connectivity index (χ1n) is 10.5. The molecule has 1 aromatic rings. The fourth-order valence-corrected chi connectivity index (χ4v) is 5.41. The third-order valence-electron chi connectivity index (χ3n) is 6.01. The average molecular weight is 407 g/mol. The lowest BCUT2D eigenvalue weighted by Crippen LogP contribution is -2.44. The van der Waals surface area contributed by atoms with Gasteiger partial charge in [-0.2, -0.15) is 11.8 Å². The van der Waals surface area contributed by atoms with Crippen molar-refractivity contribution in [3.63, 3.8) is 0 Å². The average Bonchev–Trinajstić information content (AvgIpc) is 2.77. The van der Waals surface area contributed by atoms with Crippen LogP contribution in [-0.4, -0.2) is 55.7 Å². The molecule has 0 saturated carbocycles. The molecule has 0 unspecified atom stereocenters. The van der Waals surface area contributed by atoms with Gasteiger partial charge in [0.15, 0.2) is 0 Å². The summed E-state index contributed by atoms with van der Waals surface area (Å²) in [6.07, 6.45) is 6.81.